The van der Waals surface area contributed by atoms with Crippen LogP contribution in [0, 0.1) is 17.6 Å². The van der Waals surface area contributed by atoms with E-state index in [4.69, 9.17) is 11.6 Å². The van der Waals surface area contributed by atoms with E-state index in [1.54, 1.807) is 0 Å². The molecule has 1 unspecified atom stereocenters. The number of hydrogen-bond donors (Lipinski definition) is 2. The number of benzene rings is 1. The second-order valence-electron chi connectivity index (χ2n) is 8.40. The lowest BCUT2D eigenvalue weighted by molar-refractivity contribution is -0.141. The Morgan fingerprint density at radius 1 is 1.18 bits per heavy atom. The summed E-state index contributed by atoms with van der Waals surface area (Å²) < 4.78 is 67.5. The maximum atomic E-state index is 14.5. The summed E-state index contributed by atoms with van der Waals surface area (Å²) >= 11 is 5.61. The van der Waals surface area contributed by atoms with E-state index in [0.29, 0.717) is 18.9 Å². The highest BCUT2D eigenvalue weighted by Crippen LogP contribution is 2.42. The third-order valence-corrected chi connectivity index (χ3v) is 6.20. The number of β-amino-alcohol motifs (C(OH)–C–C–N with tert-alkyl or cyclic N) is 1. The summed E-state index contributed by atoms with van der Waals surface area (Å²) in [5, 5.41) is 12.3. The average Bonchev–Trinajstić information content (AvgIpc) is 3.54. The van der Waals surface area contributed by atoms with Crippen LogP contribution in [0.5, 0.6) is 0 Å². The molecule has 1 saturated heterocycles. The number of hydrogen-bond acceptors (Lipinski definition) is 4. The number of amides is 2. The third-order valence-electron chi connectivity index (χ3n) is 5.91. The summed E-state index contributed by atoms with van der Waals surface area (Å²) in [6.45, 7) is -0.279. The van der Waals surface area contributed by atoms with Crippen molar-refractivity contribution in [3.8, 4) is 0 Å². The van der Waals surface area contributed by atoms with Gasteiger partial charge in [-0.05, 0) is 43.0 Å². The molecule has 2 aromatic rings. The molecule has 1 saturated carbocycles. The van der Waals surface area contributed by atoms with Gasteiger partial charge in [0.25, 0.3) is 5.91 Å². The number of alkyl halides is 3. The monoisotopic (exact) mass is 503 g/mol. The first-order chi connectivity index (χ1) is 16.0. The van der Waals surface area contributed by atoms with Gasteiger partial charge in [-0.3, -0.25) is 14.6 Å². The lowest BCUT2D eigenvalue weighted by atomic mass is 10.0. The number of carbonyl (C=O) groups excluding carboxylic acids is 2. The van der Waals surface area contributed by atoms with Gasteiger partial charge < -0.3 is 15.3 Å². The van der Waals surface area contributed by atoms with Crippen LogP contribution in [0.2, 0.25) is 5.02 Å². The second kappa shape index (κ2) is 9.10. The lowest BCUT2D eigenvalue weighted by Crippen LogP contribution is -2.47. The Labute approximate surface area is 195 Å². The van der Waals surface area contributed by atoms with Gasteiger partial charge in [0.1, 0.15) is 23.4 Å². The number of rotatable bonds is 5. The third kappa shape index (κ3) is 5.00. The van der Waals surface area contributed by atoms with Crippen molar-refractivity contribution < 1.29 is 36.6 Å². The van der Waals surface area contributed by atoms with Crippen molar-refractivity contribution in [2.75, 3.05) is 6.54 Å². The molecule has 2 aliphatic rings. The fourth-order valence-electron chi connectivity index (χ4n) is 4.08. The van der Waals surface area contributed by atoms with Crippen LogP contribution in [0.4, 0.5) is 22.0 Å². The molecule has 1 aliphatic heterocycles. The van der Waals surface area contributed by atoms with Gasteiger partial charge in [-0.25, -0.2) is 8.78 Å². The van der Waals surface area contributed by atoms with E-state index in [0.717, 1.165) is 29.3 Å². The van der Waals surface area contributed by atoms with Gasteiger partial charge in [-0.1, -0.05) is 11.6 Å². The Bertz CT molecular complexity index is 1130. The van der Waals surface area contributed by atoms with Crippen molar-refractivity contribution in [1.29, 1.82) is 0 Å². The molecule has 2 amide bonds. The number of nitrogens with zero attached hydrogens (tertiary/aromatic N) is 2. The Morgan fingerprint density at radius 3 is 2.53 bits per heavy atom. The summed E-state index contributed by atoms with van der Waals surface area (Å²) in [5.74, 6) is -3.45. The first kappa shape index (κ1) is 24.3. The number of halogens is 6. The minimum Gasteiger partial charge on any atom is -0.391 e. The zero-order valence-electron chi connectivity index (χ0n) is 17.5. The van der Waals surface area contributed by atoms with Crippen molar-refractivity contribution in [1.82, 2.24) is 15.2 Å². The molecule has 0 radical (unpaired) electrons. The van der Waals surface area contributed by atoms with Gasteiger partial charge in [0, 0.05) is 30.3 Å². The molecule has 3 atom stereocenters. The fourth-order valence-corrected chi connectivity index (χ4v) is 4.23. The smallest absolute Gasteiger partial charge is 0.391 e. The predicted molar refractivity (Wildman–Crippen MR) is 110 cm³/mol. The Morgan fingerprint density at radius 2 is 1.88 bits per heavy atom. The van der Waals surface area contributed by atoms with E-state index in [2.05, 4.69) is 10.3 Å². The summed E-state index contributed by atoms with van der Waals surface area (Å²) in [4.78, 5) is 30.2. The number of aliphatic hydroxyl groups is 1. The minimum absolute atomic E-state index is 0.0990. The molecule has 1 aliphatic carbocycles. The molecule has 2 heterocycles. The Hall–Kier alpha value is -2.79. The highest BCUT2D eigenvalue weighted by molar-refractivity contribution is 6.30. The van der Waals surface area contributed by atoms with Gasteiger partial charge in [-0.2, -0.15) is 13.2 Å². The van der Waals surface area contributed by atoms with Crippen LogP contribution in [0.3, 0.4) is 0 Å². The van der Waals surface area contributed by atoms with Gasteiger partial charge in [0.05, 0.1) is 17.2 Å². The summed E-state index contributed by atoms with van der Waals surface area (Å²) in [7, 11) is 0. The first-order valence-corrected chi connectivity index (χ1v) is 10.8. The number of aliphatic hydroxyl groups excluding tert-OH is 1. The van der Waals surface area contributed by atoms with E-state index in [9.17, 15) is 36.6 Å². The fraction of sp³-hybridized carbons (Fsp3) is 0.409. The van der Waals surface area contributed by atoms with Crippen molar-refractivity contribution in [3.05, 3.63) is 63.9 Å². The van der Waals surface area contributed by atoms with E-state index in [1.807, 2.05) is 0 Å². The molecule has 182 valence electrons. The van der Waals surface area contributed by atoms with Crippen LogP contribution in [-0.2, 0) is 11.0 Å². The van der Waals surface area contributed by atoms with Crippen LogP contribution in [-0.4, -0.2) is 45.5 Å². The van der Waals surface area contributed by atoms with Crippen LogP contribution in [0.15, 0.2) is 30.5 Å². The molecule has 0 bridgehead atoms. The number of pyridine rings is 1. The van der Waals surface area contributed by atoms with Crippen molar-refractivity contribution in [2.45, 2.75) is 43.6 Å². The molecule has 2 N–H and O–H groups in total. The predicted octanol–water partition coefficient (Wildman–Crippen LogP) is 3.87. The second-order valence-corrected chi connectivity index (χ2v) is 8.81. The van der Waals surface area contributed by atoms with Crippen LogP contribution in [0.25, 0.3) is 0 Å². The van der Waals surface area contributed by atoms with E-state index < -0.39 is 58.5 Å². The molecule has 4 rings (SSSR count). The molecule has 1 aromatic heterocycles. The zero-order chi connectivity index (χ0) is 24.8. The summed E-state index contributed by atoms with van der Waals surface area (Å²) in [6.07, 6.45) is -3.88. The summed E-state index contributed by atoms with van der Waals surface area (Å²) in [6, 6.07) is 1.25. The van der Waals surface area contributed by atoms with Crippen molar-refractivity contribution in [3.63, 3.8) is 0 Å². The topological polar surface area (TPSA) is 82.5 Å². The normalized spacial score (nSPS) is 21.4. The van der Waals surface area contributed by atoms with Crippen LogP contribution < -0.4 is 5.32 Å². The standard InChI is InChI=1S/C22H19ClF5N3O3/c23-14-8-15(24)13(7-16(14)25)19(10-1-2-10)30-20(33)17-6-12(32)9-31(17)21(34)11-3-4-29-18(5-11)22(26,27)28/h3-5,7-8,10,12,17,19,32H,1-2,6,9H2,(H,30,33)/t12-,17-,19?/m1/s1. The average molecular weight is 504 g/mol. The largest absolute Gasteiger partial charge is 0.433 e. The maximum Gasteiger partial charge on any atom is 0.433 e. The Kier molecular flexibility index (Phi) is 6.52. The Balaban J connectivity index is 1.57. The lowest BCUT2D eigenvalue weighted by Gasteiger charge is -2.27. The molecule has 34 heavy (non-hydrogen) atoms. The number of aromatic nitrogens is 1. The van der Waals surface area contributed by atoms with Gasteiger partial charge in [0.2, 0.25) is 5.91 Å². The maximum absolute atomic E-state index is 14.5. The molecular formula is C22H19ClF5N3O3. The van der Waals surface area contributed by atoms with Crippen LogP contribution >= 0.6 is 11.6 Å². The van der Waals surface area contributed by atoms with E-state index in [-0.39, 0.29) is 30.0 Å². The van der Waals surface area contributed by atoms with Gasteiger partial charge in [-0.15, -0.1) is 0 Å². The minimum atomic E-state index is -4.77. The number of likely N-dealkylation sites (tertiary alicyclic amines) is 1. The van der Waals surface area contributed by atoms with E-state index >= 15 is 0 Å². The van der Waals surface area contributed by atoms with Crippen LogP contribution in [0.1, 0.15) is 46.9 Å². The SMILES string of the molecule is O=C(NC(c1cc(F)c(Cl)cc1F)C1CC1)[C@H]1C[C@@H](O)CN1C(=O)c1ccnc(C(F)(F)F)c1. The molecule has 6 nitrogen and oxygen atoms in total. The number of nitrogens with one attached hydrogen (secondary N) is 1. The quantitative estimate of drug-likeness (QED) is 0.479. The molecule has 12 heteroatoms. The number of carbonyl (C=O) groups is 2. The zero-order valence-corrected chi connectivity index (χ0v) is 18.2. The van der Waals surface area contributed by atoms with Gasteiger partial charge >= 0.3 is 6.18 Å². The molecule has 2 fully saturated rings. The van der Waals surface area contributed by atoms with Crippen molar-refractivity contribution >= 4 is 23.4 Å². The van der Waals surface area contributed by atoms with Gasteiger partial charge in [0.15, 0.2) is 0 Å². The van der Waals surface area contributed by atoms with Crippen molar-refractivity contribution in [2.24, 2.45) is 5.92 Å². The van der Waals surface area contributed by atoms with E-state index in [1.165, 1.54) is 0 Å². The molecule has 0 spiro atoms. The molecular weight excluding hydrogens is 485 g/mol. The summed E-state index contributed by atoms with van der Waals surface area (Å²) in [5.41, 5.74) is -1.72. The first-order valence-electron chi connectivity index (χ1n) is 10.4. The highest BCUT2D eigenvalue weighted by Gasteiger charge is 2.43. The highest BCUT2D eigenvalue weighted by atomic mass is 35.5. The molecule has 1 aromatic carbocycles.